The number of rotatable bonds is 5. The van der Waals surface area contributed by atoms with Crippen molar-refractivity contribution in [1.29, 1.82) is 0 Å². The van der Waals surface area contributed by atoms with Crippen LogP contribution in [0.5, 0.6) is 5.75 Å². The van der Waals surface area contributed by atoms with Gasteiger partial charge in [-0.15, -0.1) is 0 Å². The number of methoxy groups -OCH3 is 1. The van der Waals surface area contributed by atoms with Gasteiger partial charge in [-0.3, -0.25) is 0 Å². The largest absolute Gasteiger partial charge is 0.497 e. The van der Waals surface area contributed by atoms with E-state index < -0.39 is 16.1 Å². The predicted molar refractivity (Wildman–Crippen MR) is 64.3 cm³/mol. The zero-order valence-electron chi connectivity index (χ0n) is 9.67. The highest BCUT2D eigenvalue weighted by atomic mass is 32.2. The third-order valence-electron chi connectivity index (χ3n) is 2.08. The molecule has 0 aromatic heterocycles. The Morgan fingerprint density at radius 2 is 2.18 bits per heavy atom. The van der Waals surface area contributed by atoms with Gasteiger partial charge in [0.15, 0.2) is 0 Å². The molecule has 96 valence electrons. The number of ether oxygens (including phenoxy) is 1. The average molecular weight is 260 g/mol. The van der Waals surface area contributed by atoms with Gasteiger partial charge in [0.1, 0.15) is 10.6 Å². The highest BCUT2D eigenvalue weighted by Gasteiger charge is 2.18. The Kier molecular flexibility index (Phi) is 4.33. The zero-order chi connectivity index (χ0) is 13.1. The Morgan fingerprint density at radius 3 is 2.65 bits per heavy atom. The summed E-state index contributed by atoms with van der Waals surface area (Å²) >= 11 is 0. The normalized spacial score (nSPS) is 13.4. The summed E-state index contributed by atoms with van der Waals surface area (Å²) in [4.78, 5) is -0.0287. The zero-order valence-corrected chi connectivity index (χ0v) is 10.5. The minimum absolute atomic E-state index is 0.0287. The van der Waals surface area contributed by atoms with Crippen LogP contribution in [0.4, 0.5) is 5.69 Å². The summed E-state index contributed by atoms with van der Waals surface area (Å²) in [6.07, 6.45) is -0.760. The van der Waals surface area contributed by atoms with Gasteiger partial charge in [-0.2, -0.15) is 0 Å². The van der Waals surface area contributed by atoms with Gasteiger partial charge >= 0.3 is 0 Å². The van der Waals surface area contributed by atoms with Crippen molar-refractivity contribution in [3.63, 3.8) is 0 Å². The number of nitrogens with one attached hydrogen (secondary N) is 1. The number of hydrogen-bond donors (Lipinski definition) is 3. The molecule has 0 fully saturated rings. The molecule has 1 aromatic rings. The van der Waals surface area contributed by atoms with E-state index >= 15 is 0 Å². The molecule has 1 atom stereocenters. The molecule has 7 heteroatoms. The Labute approximate surface area is 100 Å². The number of nitrogens with two attached hydrogens (primary N) is 1. The van der Waals surface area contributed by atoms with Crippen LogP contribution >= 0.6 is 0 Å². The second-order valence-electron chi connectivity index (χ2n) is 3.60. The first-order valence-electron chi connectivity index (χ1n) is 4.98. The summed E-state index contributed by atoms with van der Waals surface area (Å²) in [5, 5.41) is 9.04. The molecule has 0 bridgehead atoms. The smallest absolute Gasteiger partial charge is 0.242 e. The molecule has 0 aliphatic carbocycles. The third-order valence-corrected chi connectivity index (χ3v) is 3.57. The van der Waals surface area contributed by atoms with Gasteiger partial charge in [-0.05, 0) is 19.1 Å². The van der Waals surface area contributed by atoms with E-state index in [4.69, 9.17) is 15.6 Å². The Balaban J connectivity index is 2.99. The maximum atomic E-state index is 11.8. The fourth-order valence-electron chi connectivity index (χ4n) is 1.21. The lowest BCUT2D eigenvalue weighted by Crippen LogP contribution is -2.31. The summed E-state index contributed by atoms with van der Waals surface area (Å²) in [5.74, 6) is 0.483. The van der Waals surface area contributed by atoms with Crippen LogP contribution in [0.15, 0.2) is 23.1 Å². The third kappa shape index (κ3) is 3.58. The molecular weight excluding hydrogens is 244 g/mol. The van der Waals surface area contributed by atoms with Crippen LogP contribution < -0.4 is 15.2 Å². The number of aliphatic hydroxyl groups is 1. The summed E-state index contributed by atoms with van der Waals surface area (Å²) in [5.41, 5.74) is 5.73. The van der Waals surface area contributed by atoms with Gasteiger partial charge in [0.2, 0.25) is 10.0 Å². The molecule has 4 N–H and O–H groups in total. The van der Waals surface area contributed by atoms with Crippen LogP contribution in [0, 0.1) is 0 Å². The van der Waals surface area contributed by atoms with E-state index in [1.54, 1.807) is 0 Å². The number of sulfonamides is 1. The second kappa shape index (κ2) is 5.35. The van der Waals surface area contributed by atoms with E-state index in [0.29, 0.717) is 5.75 Å². The molecule has 0 radical (unpaired) electrons. The van der Waals surface area contributed by atoms with Gasteiger partial charge in [0.25, 0.3) is 0 Å². The minimum Gasteiger partial charge on any atom is -0.497 e. The van der Waals surface area contributed by atoms with Crippen LogP contribution in [-0.4, -0.2) is 33.3 Å². The summed E-state index contributed by atoms with van der Waals surface area (Å²) in [7, 11) is -2.23. The molecule has 0 saturated heterocycles. The maximum Gasteiger partial charge on any atom is 0.242 e. The van der Waals surface area contributed by atoms with Crippen LogP contribution in [-0.2, 0) is 10.0 Å². The molecule has 0 amide bonds. The van der Waals surface area contributed by atoms with Gasteiger partial charge in [0.05, 0.1) is 18.9 Å². The Morgan fingerprint density at radius 1 is 1.53 bits per heavy atom. The molecule has 17 heavy (non-hydrogen) atoms. The van der Waals surface area contributed by atoms with Crippen molar-refractivity contribution in [3.8, 4) is 5.75 Å². The lowest BCUT2D eigenvalue weighted by Gasteiger charge is -2.11. The molecule has 0 saturated carbocycles. The van der Waals surface area contributed by atoms with Crippen molar-refractivity contribution >= 4 is 15.7 Å². The van der Waals surface area contributed by atoms with Gasteiger partial charge in [-0.1, -0.05) is 0 Å². The van der Waals surface area contributed by atoms with Gasteiger partial charge < -0.3 is 15.6 Å². The van der Waals surface area contributed by atoms with Crippen LogP contribution in [0.1, 0.15) is 6.92 Å². The molecule has 1 aromatic carbocycles. The number of benzene rings is 1. The number of hydrogen-bond acceptors (Lipinski definition) is 5. The molecule has 0 spiro atoms. The van der Waals surface area contributed by atoms with E-state index in [-0.39, 0.29) is 17.1 Å². The first-order chi connectivity index (χ1) is 7.86. The van der Waals surface area contributed by atoms with E-state index in [1.165, 1.54) is 32.2 Å². The topological polar surface area (TPSA) is 102 Å². The number of aliphatic hydroxyl groups excluding tert-OH is 1. The highest BCUT2D eigenvalue weighted by Crippen LogP contribution is 2.23. The van der Waals surface area contributed by atoms with Crippen molar-refractivity contribution in [2.24, 2.45) is 0 Å². The van der Waals surface area contributed by atoms with Crippen molar-refractivity contribution in [3.05, 3.63) is 18.2 Å². The fraction of sp³-hybridized carbons (Fsp3) is 0.400. The van der Waals surface area contributed by atoms with Crippen molar-refractivity contribution < 1.29 is 18.3 Å². The molecule has 1 rings (SSSR count). The first-order valence-corrected chi connectivity index (χ1v) is 6.46. The lowest BCUT2D eigenvalue weighted by molar-refractivity contribution is 0.198. The molecule has 0 aliphatic heterocycles. The van der Waals surface area contributed by atoms with Crippen molar-refractivity contribution in [2.75, 3.05) is 19.4 Å². The maximum absolute atomic E-state index is 11.8. The average Bonchev–Trinajstić information content (AvgIpc) is 2.26. The standard InChI is InChI=1S/C10H16N2O4S/c1-7(13)6-12-17(14,15)10-4-3-8(16-2)5-9(10)11/h3-5,7,12-13H,6,11H2,1-2H3/t7-/m0/s1. The quantitative estimate of drug-likeness (QED) is 0.644. The molecule has 6 nitrogen and oxygen atoms in total. The summed E-state index contributed by atoms with van der Waals surface area (Å²) < 4.78 is 30.8. The van der Waals surface area contributed by atoms with Crippen molar-refractivity contribution in [1.82, 2.24) is 4.72 Å². The SMILES string of the molecule is COc1ccc(S(=O)(=O)NC[C@H](C)O)c(N)c1. The number of anilines is 1. The predicted octanol–water partition coefficient (Wildman–Crippen LogP) is -0.0635. The molecule has 0 heterocycles. The van der Waals surface area contributed by atoms with E-state index in [1.807, 2.05) is 0 Å². The van der Waals surface area contributed by atoms with Crippen LogP contribution in [0.2, 0.25) is 0 Å². The first kappa shape index (κ1) is 13.8. The van der Waals surface area contributed by atoms with E-state index in [9.17, 15) is 8.42 Å². The van der Waals surface area contributed by atoms with Gasteiger partial charge in [0, 0.05) is 12.6 Å². The lowest BCUT2D eigenvalue weighted by atomic mass is 10.3. The Hall–Kier alpha value is -1.31. The van der Waals surface area contributed by atoms with Crippen LogP contribution in [0.3, 0.4) is 0 Å². The summed E-state index contributed by atoms with van der Waals surface area (Å²) in [6.45, 7) is 1.42. The Bertz CT molecular complexity index is 485. The van der Waals surface area contributed by atoms with E-state index in [0.717, 1.165) is 0 Å². The second-order valence-corrected chi connectivity index (χ2v) is 5.34. The van der Waals surface area contributed by atoms with Gasteiger partial charge in [-0.25, -0.2) is 13.1 Å². The van der Waals surface area contributed by atoms with Crippen molar-refractivity contribution in [2.45, 2.75) is 17.9 Å². The molecule has 0 aliphatic rings. The molecule has 0 unspecified atom stereocenters. The van der Waals surface area contributed by atoms with Crippen LogP contribution in [0.25, 0.3) is 0 Å². The minimum atomic E-state index is -3.70. The monoisotopic (exact) mass is 260 g/mol. The highest BCUT2D eigenvalue weighted by molar-refractivity contribution is 7.89. The summed E-state index contributed by atoms with van der Waals surface area (Å²) in [6, 6.07) is 4.29. The number of nitrogen functional groups attached to an aromatic ring is 1. The fourth-order valence-corrected chi connectivity index (χ4v) is 2.44. The van der Waals surface area contributed by atoms with E-state index in [2.05, 4.69) is 4.72 Å². The molecular formula is C10H16N2O4S.